The molecule has 3 unspecified atom stereocenters. The van der Waals surface area contributed by atoms with Gasteiger partial charge in [0.1, 0.15) is 23.9 Å². The summed E-state index contributed by atoms with van der Waals surface area (Å²) in [5, 5.41) is 47.5. The topological polar surface area (TPSA) is 110 Å². The first-order valence-corrected chi connectivity index (χ1v) is 4.34. The minimum atomic E-state index is -1.85. The van der Waals surface area contributed by atoms with E-state index in [1.807, 2.05) is 0 Å². The third-order valence-electron chi connectivity index (χ3n) is 3.15. The van der Waals surface area contributed by atoms with Crippen molar-refractivity contribution in [3.63, 3.8) is 0 Å². The van der Waals surface area contributed by atoms with E-state index in [9.17, 15) is 20.4 Å². The minimum Gasteiger partial charge on any atom is -0.390 e. The molecule has 1 heterocycles. The van der Waals surface area contributed by atoms with Crippen LogP contribution in [0.2, 0.25) is 0 Å². The largest absolute Gasteiger partial charge is 0.390 e. The summed E-state index contributed by atoms with van der Waals surface area (Å²) in [6, 6.07) is 0. The first kappa shape index (κ1) is 9.02. The molecule has 0 aromatic rings. The lowest BCUT2D eigenvalue weighted by Crippen LogP contribution is -2.80. The van der Waals surface area contributed by atoms with Crippen LogP contribution in [0.4, 0.5) is 0 Å². The van der Waals surface area contributed by atoms with Crippen LogP contribution in [0.3, 0.4) is 0 Å². The highest BCUT2D eigenvalue weighted by Gasteiger charge is 2.68. The molecule has 0 bridgehead atoms. The van der Waals surface area contributed by atoms with Crippen LogP contribution in [0.15, 0.2) is 0 Å². The fraction of sp³-hybridized carbons (Fsp3) is 1.00. The van der Waals surface area contributed by atoms with Gasteiger partial charge in [0.05, 0.1) is 6.10 Å². The van der Waals surface area contributed by atoms with Crippen molar-refractivity contribution in [2.45, 2.75) is 43.2 Å². The summed E-state index contributed by atoms with van der Waals surface area (Å²) < 4.78 is 11.9. The first-order valence-electron chi connectivity index (χ1n) is 5.04. The Labute approximate surface area is 81.8 Å². The molecule has 0 aromatic heterocycles. The van der Waals surface area contributed by atoms with E-state index in [-0.39, 0.29) is 6.90 Å². The molecule has 0 radical (unpaired) electrons. The molecule has 6 heteroatoms. The Hall–Kier alpha value is -0.240. The van der Waals surface area contributed by atoms with E-state index in [4.69, 9.17) is 11.2 Å². The van der Waals surface area contributed by atoms with Crippen molar-refractivity contribution in [2.75, 3.05) is 0 Å². The Morgan fingerprint density at radius 2 is 1.86 bits per heavy atom. The smallest absolute Gasteiger partial charge is 0.184 e. The second kappa shape index (κ2) is 2.88. The van der Waals surface area contributed by atoms with Gasteiger partial charge in [0.15, 0.2) is 6.29 Å². The van der Waals surface area contributed by atoms with E-state index < -0.39 is 42.2 Å². The monoisotopic (exact) mass is 207 g/mol. The summed E-state index contributed by atoms with van der Waals surface area (Å²) in [6.45, 7) is -0.294. The molecule has 0 aromatic carbocycles. The Bertz CT molecular complexity index is 260. The molecule has 82 valence electrons. The molecular formula is C8H14O6. The number of aliphatic hydroxyl groups excluding tert-OH is 4. The second-order valence-corrected chi connectivity index (χ2v) is 3.87. The third kappa shape index (κ3) is 0.955. The van der Waals surface area contributed by atoms with Crippen LogP contribution in [0, 0.1) is 5.92 Å². The van der Waals surface area contributed by atoms with Gasteiger partial charge < -0.3 is 30.3 Å². The van der Waals surface area contributed by atoms with Gasteiger partial charge in [-0.1, -0.05) is 6.90 Å². The molecule has 0 spiro atoms. The molecule has 0 amide bonds. The third-order valence-corrected chi connectivity index (χ3v) is 3.15. The molecule has 14 heavy (non-hydrogen) atoms. The molecule has 7 atom stereocenters. The van der Waals surface area contributed by atoms with Crippen LogP contribution in [-0.2, 0) is 4.74 Å². The lowest BCUT2D eigenvalue weighted by molar-refractivity contribution is -0.391. The van der Waals surface area contributed by atoms with Crippen molar-refractivity contribution < 1.29 is 31.6 Å². The Morgan fingerprint density at radius 3 is 2.43 bits per heavy atom. The van der Waals surface area contributed by atoms with Gasteiger partial charge in [-0.3, -0.25) is 0 Å². The van der Waals surface area contributed by atoms with Gasteiger partial charge in [-0.05, 0) is 0 Å². The summed E-state index contributed by atoms with van der Waals surface area (Å²) in [6.07, 6.45) is -7.14. The SMILES string of the molecule is [2H]CC1C(O)[C@H]2OC(O)[C@H](O)[C@@H](O)[C@@]12O. The number of rotatable bonds is 0. The van der Waals surface area contributed by atoms with E-state index in [0.717, 1.165) is 0 Å². The summed E-state index contributed by atoms with van der Waals surface area (Å²) >= 11 is 0. The maximum Gasteiger partial charge on any atom is 0.184 e. The molecule has 2 fully saturated rings. The van der Waals surface area contributed by atoms with Gasteiger partial charge in [-0.2, -0.15) is 0 Å². The zero-order valence-electron chi connectivity index (χ0n) is 8.32. The Morgan fingerprint density at radius 1 is 1.21 bits per heavy atom. The highest BCUT2D eigenvalue weighted by molar-refractivity contribution is 5.17. The van der Waals surface area contributed by atoms with Gasteiger partial charge in [-0.25, -0.2) is 0 Å². The van der Waals surface area contributed by atoms with Crippen LogP contribution in [0.5, 0.6) is 0 Å². The highest BCUT2D eigenvalue weighted by Crippen LogP contribution is 2.47. The van der Waals surface area contributed by atoms with Crippen LogP contribution in [0.1, 0.15) is 8.27 Å². The number of fused-ring (bicyclic) bond motifs is 1. The van der Waals surface area contributed by atoms with Crippen molar-refractivity contribution in [3.8, 4) is 0 Å². The van der Waals surface area contributed by atoms with E-state index in [0.29, 0.717) is 0 Å². The van der Waals surface area contributed by atoms with Crippen LogP contribution < -0.4 is 0 Å². The van der Waals surface area contributed by atoms with E-state index in [1.54, 1.807) is 0 Å². The predicted octanol–water partition coefficient (Wildman–Crippen LogP) is -2.83. The van der Waals surface area contributed by atoms with Crippen LogP contribution in [-0.4, -0.2) is 61.8 Å². The van der Waals surface area contributed by atoms with Gasteiger partial charge in [0.25, 0.3) is 0 Å². The van der Waals surface area contributed by atoms with Crippen molar-refractivity contribution in [1.29, 1.82) is 0 Å². The van der Waals surface area contributed by atoms with Gasteiger partial charge in [0.2, 0.25) is 0 Å². The van der Waals surface area contributed by atoms with E-state index >= 15 is 0 Å². The minimum absolute atomic E-state index is 0.294. The van der Waals surface area contributed by atoms with E-state index in [1.165, 1.54) is 0 Å². The van der Waals surface area contributed by atoms with Crippen LogP contribution in [0.25, 0.3) is 0 Å². The van der Waals surface area contributed by atoms with Gasteiger partial charge in [-0.15, -0.1) is 0 Å². The molecule has 1 aliphatic carbocycles. The number of hydrogen-bond acceptors (Lipinski definition) is 6. The molecule has 2 rings (SSSR count). The lowest BCUT2D eigenvalue weighted by atomic mass is 9.60. The first-order chi connectivity index (χ1) is 6.94. The second-order valence-electron chi connectivity index (χ2n) is 3.87. The fourth-order valence-electron chi connectivity index (χ4n) is 2.09. The average Bonchev–Trinajstić information content (AvgIpc) is 2.22. The van der Waals surface area contributed by atoms with Crippen LogP contribution >= 0.6 is 0 Å². The molecule has 1 saturated carbocycles. The molecule has 6 nitrogen and oxygen atoms in total. The van der Waals surface area contributed by atoms with Crippen molar-refractivity contribution in [3.05, 3.63) is 0 Å². The zero-order chi connectivity index (χ0) is 11.4. The van der Waals surface area contributed by atoms with Crippen molar-refractivity contribution >= 4 is 0 Å². The Balaban J connectivity index is 2.25. The zero-order valence-corrected chi connectivity index (χ0v) is 7.32. The molecule has 1 aliphatic heterocycles. The van der Waals surface area contributed by atoms with Gasteiger partial charge >= 0.3 is 0 Å². The predicted molar refractivity (Wildman–Crippen MR) is 43.0 cm³/mol. The maximum atomic E-state index is 9.99. The quantitative estimate of drug-likeness (QED) is 0.293. The normalized spacial score (nSPS) is 63.9. The average molecular weight is 207 g/mol. The molecule has 5 N–H and O–H groups in total. The Kier molecular flexibility index (Phi) is 1.85. The van der Waals surface area contributed by atoms with Crippen molar-refractivity contribution in [1.82, 2.24) is 0 Å². The van der Waals surface area contributed by atoms with Gasteiger partial charge in [0, 0.05) is 7.29 Å². The highest BCUT2D eigenvalue weighted by atomic mass is 16.6. The number of ether oxygens (including phenoxy) is 1. The van der Waals surface area contributed by atoms with E-state index in [2.05, 4.69) is 0 Å². The number of aliphatic hydroxyl groups is 5. The standard InChI is InChI=1S/C8H14O6/c1-2-3(9)6-8(2,13)5(11)4(10)7(12)14-6/h2-7,9-13H,1H3/t2?,3?,4-,5-,6-,7?,8+/m1/s1/i1D. The summed E-state index contributed by atoms with van der Waals surface area (Å²) in [5.41, 5.74) is -1.85. The fourth-order valence-corrected chi connectivity index (χ4v) is 2.09. The molecule has 2 aliphatic rings. The number of hydrogen-bond donors (Lipinski definition) is 5. The molecule has 1 saturated heterocycles. The summed E-state index contributed by atoms with van der Waals surface area (Å²) in [4.78, 5) is 0. The maximum absolute atomic E-state index is 9.99. The summed E-state index contributed by atoms with van der Waals surface area (Å²) in [5.74, 6) is -0.875. The molecular weight excluding hydrogens is 192 g/mol. The summed E-state index contributed by atoms with van der Waals surface area (Å²) in [7, 11) is 0. The lowest BCUT2D eigenvalue weighted by Gasteiger charge is -2.60. The van der Waals surface area contributed by atoms with Crippen molar-refractivity contribution in [2.24, 2.45) is 5.92 Å².